The second-order valence-electron chi connectivity index (χ2n) is 2.65. The maximum absolute atomic E-state index is 13.2. The van der Waals surface area contributed by atoms with E-state index in [2.05, 4.69) is 27.5 Å². The van der Waals surface area contributed by atoms with E-state index in [0.29, 0.717) is 10.9 Å². The van der Waals surface area contributed by atoms with Crippen LogP contribution in [0.1, 0.15) is 18.2 Å². The molecule has 1 atom stereocenters. The number of hydrogen-bond donors (Lipinski definition) is 1. The van der Waals surface area contributed by atoms with E-state index in [-0.39, 0.29) is 11.5 Å². The highest BCUT2D eigenvalue weighted by Gasteiger charge is 2.11. The van der Waals surface area contributed by atoms with Crippen LogP contribution in [0, 0.1) is 5.82 Å². The normalized spacial score (nSPS) is 12.5. The Balaban J connectivity index is 2.94. The summed E-state index contributed by atoms with van der Waals surface area (Å²) in [5, 5.41) is 0. The molecule has 1 aromatic heterocycles. The van der Waals surface area contributed by atoms with Gasteiger partial charge in [0, 0.05) is 10.7 Å². The Labute approximate surface area is 84.8 Å². The molecule has 4 heteroatoms. The molecule has 13 heavy (non-hydrogen) atoms. The summed E-state index contributed by atoms with van der Waals surface area (Å²) in [4.78, 5) is 3.90. The Morgan fingerprint density at radius 2 is 2.46 bits per heavy atom. The number of rotatable bonds is 3. The summed E-state index contributed by atoms with van der Waals surface area (Å²) in [7, 11) is 0. The summed E-state index contributed by atoms with van der Waals surface area (Å²) < 4.78 is 13.8. The van der Waals surface area contributed by atoms with Gasteiger partial charge in [0.05, 0.1) is 11.7 Å². The van der Waals surface area contributed by atoms with Crippen LogP contribution in [0.3, 0.4) is 0 Å². The molecule has 0 saturated heterocycles. The molecule has 0 unspecified atom stereocenters. The molecule has 0 aromatic carbocycles. The van der Waals surface area contributed by atoms with E-state index >= 15 is 0 Å². The highest BCUT2D eigenvalue weighted by Crippen LogP contribution is 2.18. The standard InChI is InChI=1S/C9H10BrFN2/c1-2-3-8(12)9-7(11)4-6(10)5-13-9/h2,4-5,8H,1,3,12H2/t8-/m1/s1. The molecule has 0 saturated carbocycles. The van der Waals surface area contributed by atoms with Gasteiger partial charge >= 0.3 is 0 Å². The molecule has 0 fully saturated rings. The Morgan fingerprint density at radius 3 is 3.00 bits per heavy atom. The van der Waals surface area contributed by atoms with E-state index in [9.17, 15) is 4.39 Å². The number of nitrogens with two attached hydrogens (primary N) is 1. The van der Waals surface area contributed by atoms with Crippen LogP contribution in [-0.2, 0) is 0 Å². The molecule has 1 rings (SSSR count). The van der Waals surface area contributed by atoms with Gasteiger partial charge in [-0.15, -0.1) is 6.58 Å². The van der Waals surface area contributed by atoms with Crippen molar-refractivity contribution < 1.29 is 4.39 Å². The fourth-order valence-electron chi connectivity index (χ4n) is 0.989. The lowest BCUT2D eigenvalue weighted by Crippen LogP contribution is -2.13. The smallest absolute Gasteiger partial charge is 0.147 e. The van der Waals surface area contributed by atoms with E-state index in [1.54, 1.807) is 6.08 Å². The van der Waals surface area contributed by atoms with E-state index in [1.165, 1.54) is 12.3 Å². The van der Waals surface area contributed by atoms with E-state index in [1.807, 2.05) is 0 Å². The van der Waals surface area contributed by atoms with Crippen LogP contribution in [0.25, 0.3) is 0 Å². The Hall–Kier alpha value is -0.740. The molecule has 70 valence electrons. The van der Waals surface area contributed by atoms with Crippen LogP contribution in [0.15, 0.2) is 29.4 Å². The maximum Gasteiger partial charge on any atom is 0.147 e. The van der Waals surface area contributed by atoms with Gasteiger partial charge in [-0.25, -0.2) is 4.39 Å². The summed E-state index contributed by atoms with van der Waals surface area (Å²) in [6, 6.07) is 0.941. The number of halogens is 2. The van der Waals surface area contributed by atoms with Gasteiger partial charge in [0.15, 0.2) is 0 Å². The fraction of sp³-hybridized carbons (Fsp3) is 0.222. The molecule has 1 aromatic rings. The van der Waals surface area contributed by atoms with Gasteiger partial charge < -0.3 is 5.73 Å². The zero-order chi connectivity index (χ0) is 9.84. The Kier molecular flexibility index (Phi) is 3.57. The molecule has 2 N–H and O–H groups in total. The highest BCUT2D eigenvalue weighted by molar-refractivity contribution is 9.10. The van der Waals surface area contributed by atoms with Gasteiger partial charge in [0.1, 0.15) is 5.82 Å². The van der Waals surface area contributed by atoms with Crippen molar-refractivity contribution in [1.29, 1.82) is 0 Å². The van der Waals surface area contributed by atoms with Crippen LogP contribution < -0.4 is 5.73 Å². The van der Waals surface area contributed by atoms with Crippen molar-refractivity contribution in [2.24, 2.45) is 5.73 Å². The average molecular weight is 245 g/mol. The maximum atomic E-state index is 13.2. The first-order chi connectivity index (χ1) is 6.15. The minimum Gasteiger partial charge on any atom is -0.322 e. The molecule has 0 aliphatic carbocycles. The van der Waals surface area contributed by atoms with Gasteiger partial charge in [-0.3, -0.25) is 4.98 Å². The first-order valence-corrected chi connectivity index (χ1v) is 4.62. The lowest BCUT2D eigenvalue weighted by molar-refractivity contribution is 0.566. The van der Waals surface area contributed by atoms with Crippen LogP contribution in [0.4, 0.5) is 4.39 Å². The highest BCUT2D eigenvalue weighted by atomic mass is 79.9. The van der Waals surface area contributed by atoms with Crippen molar-refractivity contribution in [2.45, 2.75) is 12.5 Å². The molecule has 1 heterocycles. The zero-order valence-corrected chi connectivity index (χ0v) is 8.59. The van der Waals surface area contributed by atoms with E-state index in [4.69, 9.17) is 5.73 Å². The van der Waals surface area contributed by atoms with Gasteiger partial charge in [0.2, 0.25) is 0 Å². The van der Waals surface area contributed by atoms with Crippen LogP contribution in [0.2, 0.25) is 0 Å². The van der Waals surface area contributed by atoms with Crippen molar-refractivity contribution in [2.75, 3.05) is 0 Å². The van der Waals surface area contributed by atoms with Gasteiger partial charge in [-0.1, -0.05) is 6.08 Å². The third-order valence-corrected chi connectivity index (χ3v) is 2.04. The van der Waals surface area contributed by atoms with Crippen molar-refractivity contribution in [3.8, 4) is 0 Å². The molecule has 2 nitrogen and oxygen atoms in total. The van der Waals surface area contributed by atoms with Crippen molar-refractivity contribution in [3.63, 3.8) is 0 Å². The molecular weight excluding hydrogens is 235 g/mol. The fourth-order valence-corrected chi connectivity index (χ4v) is 1.29. The summed E-state index contributed by atoms with van der Waals surface area (Å²) in [6.07, 6.45) is 3.70. The topological polar surface area (TPSA) is 38.9 Å². The molecule has 0 aliphatic heterocycles. The van der Waals surface area contributed by atoms with Gasteiger partial charge in [-0.2, -0.15) is 0 Å². The zero-order valence-electron chi connectivity index (χ0n) is 7.00. The first kappa shape index (κ1) is 10.3. The Morgan fingerprint density at radius 1 is 1.77 bits per heavy atom. The lowest BCUT2D eigenvalue weighted by atomic mass is 10.1. The number of pyridine rings is 1. The molecule has 0 spiro atoms. The van der Waals surface area contributed by atoms with E-state index < -0.39 is 6.04 Å². The third kappa shape index (κ3) is 2.60. The van der Waals surface area contributed by atoms with Crippen LogP contribution >= 0.6 is 15.9 Å². The summed E-state index contributed by atoms with van der Waals surface area (Å²) in [5.41, 5.74) is 5.95. The van der Waals surface area contributed by atoms with E-state index in [0.717, 1.165) is 0 Å². The second kappa shape index (κ2) is 4.48. The molecule has 0 bridgehead atoms. The van der Waals surface area contributed by atoms with Crippen molar-refractivity contribution in [3.05, 3.63) is 40.9 Å². The minimum absolute atomic E-state index is 0.281. The predicted molar refractivity (Wildman–Crippen MR) is 53.6 cm³/mol. The molecular formula is C9H10BrFN2. The number of nitrogens with zero attached hydrogens (tertiary/aromatic N) is 1. The largest absolute Gasteiger partial charge is 0.322 e. The predicted octanol–water partition coefficient (Wildman–Crippen LogP) is 2.56. The minimum atomic E-state index is -0.411. The summed E-state index contributed by atoms with van der Waals surface area (Å²) in [6.45, 7) is 3.53. The summed E-state index contributed by atoms with van der Waals surface area (Å²) in [5.74, 6) is -0.385. The number of aromatic nitrogens is 1. The second-order valence-corrected chi connectivity index (χ2v) is 3.57. The van der Waals surface area contributed by atoms with Crippen LogP contribution in [0.5, 0.6) is 0 Å². The lowest BCUT2D eigenvalue weighted by Gasteiger charge is -2.08. The van der Waals surface area contributed by atoms with Crippen molar-refractivity contribution >= 4 is 15.9 Å². The number of hydrogen-bond acceptors (Lipinski definition) is 2. The van der Waals surface area contributed by atoms with Gasteiger partial charge in [0.25, 0.3) is 0 Å². The average Bonchev–Trinajstić information content (AvgIpc) is 2.04. The quantitative estimate of drug-likeness (QED) is 0.831. The SMILES string of the molecule is C=CC[C@@H](N)c1ncc(Br)cc1F. The molecule has 0 aliphatic rings. The Bertz CT molecular complexity index is 314. The molecule has 0 amide bonds. The van der Waals surface area contributed by atoms with Crippen LogP contribution in [-0.4, -0.2) is 4.98 Å². The molecule has 0 radical (unpaired) electrons. The monoisotopic (exact) mass is 244 g/mol. The first-order valence-electron chi connectivity index (χ1n) is 3.82. The summed E-state index contributed by atoms with van der Waals surface area (Å²) >= 11 is 3.12. The third-order valence-electron chi connectivity index (χ3n) is 1.61. The van der Waals surface area contributed by atoms with Gasteiger partial charge in [-0.05, 0) is 28.4 Å². The van der Waals surface area contributed by atoms with Crippen molar-refractivity contribution in [1.82, 2.24) is 4.98 Å².